The molecule has 0 spiro atoms. The normalized spacial score (nSPS) is 22.4. The number of nitrogens with zero attached hydrogens (tertiary/aromatic N) is 1. The fourth-order valence-corrected chi connectivity index (χ4v) is 2.10. The smallest absolute Gasteiger partial charge is 0.254 e. The minimum absolute atomic E-state index is 0. The van der Waals surface area contributed by atoms with E-state index in [1.807, 2.05) is 0 Å². The third-order valence-corrected chi connectivity index (χ3v) is 3.13. The molecule has 2 heterocycles. The van der Waals surface area contributed by atoms with Crippen molar-refractivity contribution in [1.82, 2.24) is 10.3 Å². The van der Waals surface area contributed by atoms with E-state index in [0.29, 0.717) is 17.4 Å². The van der Waals surface area contributed by atoms with Crippen LogP contribution in [-0.2, 0) is 0 Å². The van der Waals surface area contributed by atoms with Crippen LogP contribution in [0, 0.1) is 0 Å². The molecule has 0 unspecified atom stereocenters. The number of rotatable bonds is 3. The van der Waals surface area contributed by atoms with Gasteiger partial charge in [0.2, 0.25) is 5.88 Å². The van der Waals surface area contributed by atoms with Gasteiger partial charge >= 0.3 is 0 Å². The van der Waals surface area contributed by atoms with Crippen molar-refractivity contribution in [3.8, 4) is 5.88 Å². The topological polar surface area (TPSA) is 77.2 Å². The zero-order valence-corrected chi connectivity index (χ0v) is 12.3. The van der Waals surface area contributed by atoms with Crippen molar-refractivity contribution in [3.63, 3.8) is 0 Å². The van der Waals surface area contributed by atoms with E-state index in [-0.39, 0.29) is 30.4 Å². The van der Waals surface area contributed by atoms with E-state index in [0.717, 1.165) is 0 Å². The van der Waals surface area contributed by atoms with Gasteiger partial charge in [-0.2, -0.15) is 0 Å². The van der Waals surface area contributed by atoms with Gasteiger partial charge in [-0.05, 0) is 35.0 Å². The molecule has 1 amide bonds. The summed E-state index contributed by atoms with van der Waals surface area (Å²) in [5.41, 5.74) is 5.39. The Morgan fingerprint density at radius 3 is 3.00 bits per heavy atom. The molecule has 0 saturated carbocycles. The summed E-state index contributed by atoms with van der Waals surface area (Å²) in [6, 6.07) is 1.51. The van der Waals surface area contributed by atoms with E-state index in [2.05, 4.69) is 26.2 Å². The molecule has 5 nitrogen and oxygen atoms in total. The fourth-order valence-electron chi connectivity index (χ4n) is 1.77. The largest absolute Gasteiger partial charge is 0.471 e. The maximum absolute atomic E-state index is 13.6. The Hall–Kier alpha value is -0.920. The van der Waals surface area contributed by atoms with Gasteiger partial charge in [0.1, 0.15) is 17.8 Å². The number of ether oxygens (including phenoxy) is 1. The zero-order valence-electron chi connectivity index (χ0n) is 9.94. The fraction of sp³-hybridized carbons (Fsp3) is 0.455. The first-order chi connectivity index (χ1) is 8.58. The molecule has 0 bridgehead atoms. The highest BCUT2D eigenvalue weighted by molar-refractivity contribution is 9.10. The highest BCUT2D eigenvalue weighted by Crippen LogP contribution is 2.23. The van der Waals surface area contributed by atoms with Crippen molar-refractivity contribution >= 4 is 34.2 Å². The lowest BCUT2D eigenvalue weighted by Crippen LogP contribution is -2.44. The summed E-state index contributed by atoms with van der Waals surface area (Å²) in [7, 11) is 0. The van der Waals surface area contributed by atoms with E-state index < -0.39 is 18.2 Å². The van der Waals surface area contributed by atoms with E-state index >= 15 is 0 Å². The minimum Gasteiger partial charge on any atom is -0.471 e. The summed E-state index contributed by atoms with van der Waals surface area (Å²) in [5.74, 6) is -0.566. The van der Waals surface area contributed by atoms with Crippen LogP contribution in [0.15, 0.2) is 16.7 Å². The molecule has 1 aromatic heterocycles. The van der Waals surface area contributed by atoms with Crippen molar-refractivity contribution in [2.24, 2.45) is 5.73 Å². The van der Waals surface area contributed by atoms with Gasteiger partial charge in [0, 0.05) is 17.2 Å². The molecule has 19 heavy (non-hydrogen) atoms. The van der Waals surface area contributed by atoms with Gasteiger partial charge in [-0.25, -0.2) is 9.37 Å². The minimum atomic E-state index is -1.12. The second kappa shape index (κ2) is 7.02. The van der Waals surface area contributed by atoms with Crippen LogP contribution in [0.5, 0.6) is 5.88 Å². The second-order valence-corrected chi connectivity index (χ2v) is 4.95. The van der Waals surface area contributed by atoms with Crippen LogP contribution >= 0.6 is 28.3 Å². The molecule has 0 aromatic carbocycles. The number of nitrogens with one attached hydrogen (secondary N) is 1. The summed E-state index contributed by atoms with van der Waals surface area (Å²) in [4.78, 5) is 15.2. The molecule has 3 N–H and O–H groups in total. The Bertz CT molecular complexity index is 464. The van der Waals surface area contributed by atoms with Gasteiger partial charge in [0.25, 0.3) is 5.91 Å². The molecule has 8 heteroatoms. The first-order valence-electron chi connectivity index (χ1n) is 5.54. The van der Waals surface area contributed by atoms with Crippen LogP contribution in [-0.4, -0.2) is 36.3 Å². The molecular weight excluding hydrogens is 340 g/mol. The molecule has 2 atom stereocenters. The molecular formula is C11H14BrClFN3O2. The number of alkyl halides is 1. The number of amides is 1. The Kier molecular flexibility index (Phi) is 5.96. The quantitative estimate of drug-likeness (QED) is 0.861. The SMILES string of the molecule is Cl.NC(=O)c1cc(Br)cnc1O[C@@H]1CCNC[C@@H]1F. The van der Waals surface area contributed by atoms with Crippen LogP contribution in [0.4, 0.5) is 4.39 Å². The number of primary amides is 1. The lowest BCUT2D eigenvalue weighted by Gasteiger charge is -2.27. The monoisotopic (exact) mass is 353 g/mol. The van der Waals surface area contributed by atoms with Gasteiger partial charge in [-0.15, -0.1) is 12.4 Å². The number of hydrogen-bond acceptors (Lipinski definition) is 4. The number of pyridine rings is 1. The van der Waals surface area contributed by atoms with E-state index in [1.54, 1.807) is 0 Å². The van der Waals surface area contributed by atoms with E-state index in [9.17, 15) is 9.18 Å². The van der Waals surface area contributed by atoms with Crippen molar-refractivity contribution in [1.29, 1.82) is 0 Å². The maximum atomic E-state index is 13.6. The highest BCUT2D eigenvalue weighted by Gasteiger charge is 2.28. The molecule has 106 valence electrons. The lowest BCUT2D eigenvalue weighted by atomic mass is 10.1. The van der Waals surface area contributed by atoms with Crippen LogP contribution in [0.3, 0.4) is 0 Å². The molecule has 1 aromatic rings. The molecule has 0 aliphatic carbocycles. The Labute approximate surface area is 124 Å². The standard InChI is InChI=1S/C11H13BrFN3O2.ClH/c12-6-3-7(10(14)17)11(16-4-6)18-9-1-2-15-5-8(9)13;/h3-4,8-9,15H,1-2,5H2,(H2,14,17);1H/t8-,9+;/m0./s1. The van der Waals surface area contributed by atoms with E-state index in [4.69, 9.17) is 10.5 Å². The number of nitrogens with two attached hydrogens (primary N) is 1. The number of halogens is 3. The Morgan fingerprint density at radius 1 is 1.63 bits per heavy atom. The summed E-state index contributed by atoms with van der Waals surface area (Å²) in [5, 5.41) is 2.92. The van der Waals surface area contributed by atoms with Crippen LogP contribution in [0.1, 0.15) is 16.8 Å². The second-order valence-electron chi connectivity index (χ2n) is 4.04. The number of aromatic nitrogens is 1. The van der Waals surface area contributed by atoms with Gasteiger partial charge in [0.15, 0.2) is 0 Å². The molecule has 1 fully saturated rings. The van der Waals surface area contributed by atoms with Gasteiger partial charge < -0.3 is 15.8 Å². The summed E-state index contributed by atoms with van der Waals surface area (Å²) in [6.45, 7) is 0.917. The number of piperidine rings is 1. The number of hydrogen-bond donors (Lipinski definition) is 2. The Morgan fingerprint density at radius 2 is 2.37 bits per heavy atom. The number of carbonyl (C=O) groups is 1. The highest BCUT2D eigenvalue weighted by atomic mass is 79.9. The summed E-state index contributed by atoms with van der Waals surface area (Å²) < 4.78 is 19.7. The third-order valence-electron chi connectivity index (χ3n) is 2.69. The van der Waals surface area contributed by atoms with Crippen molar-refractivity contribution in [3.05, 3.63) is 22.3 Å². The summed E-state index contributed by atoms with van der Waals surface area (Å²) >= 11 is 3.19. The Balaban J connectivity index is 0.00000180. The predicted octanol–water partition coefficient (Wildman–Crippen LogP) is 1.44. The predicted molar refractivity (Wildman–Crippen MR) is 74.5 cm³/mol. The van der Waals surface area contributed by atoms with Crippen molar-refractivity contribution in [2.45, 2.75) is 18.7 Å². The maximum Gasteiger partial charge on any atom is 0.254 e. The molecule has 0 radical (unpaired) electrons. The van der Waals surface area contributed by atoms with Gasteiger partial charge in [-0.1, -0.05) is 0 Å². The summed E-state index contributed by atoms with van der Waals surface area (Å²) in [6.07, 6.45) is 0.288. The third kappa shape index (κ3) is 4.02. The molecule has 1 aliphatic rings. The molecule has 2 rings (SSSR count). The molecule has 1 saturated heterocycles. The first-order valence-corrected chi connectivity index (χ1v) is 6.34. The average Bonchev–Trinajstić information content (AvgIpc) is 2.34. The van der Waals surface area contributed by atoms with Crippen LogP contribution < -0.4 is 15.8 Å². The van der Waals surface area contributed by atoms with Crippen LogP contribution in [0.25, 0.3) is 0 Å². The van der Waals surface area contributed by atoms with Crippen molar-refractivity contribution in [2.75, 3.05) is 13.1 Å². The lowest BCUT2D eigenvalue weighted by molar-refractivity contribution is 0.0676. The number of carbonyl (C=O) groups excluding carboxylic acids is 1. The van der Waals surface area contributed by atoms with Crippen LogP contribution in [0.2, 0.25) is 0 Å². The zero-order chi connectivity index (χ0) is 13.1. The van der Waals surface area contributed by atoms with Gasteiger partial charge in [-0.3, -0.25) is 4.79 Å². The molecule has 1 aliphatic heterocycles. The average molecular weight is 355 g/mol. The van der Waals surface area contributed by atoms with E-state index in [1.165, 1.54) is 12.3 Å². The van der Waals surface area contributed by atoms with Crippen molar-refractivity contribution < 1.29 is 13.9 Å². The first kappa shape index (κ1) is 16.1. The van der Waals surface area contributed by atoms with Gasteiger partial charge in [0.05, 0.1) is 0 Å².